The van der Waals surface area contributed by atoms with Crippen LogP contribution < -0.4 is 19.7 Å². The second kappa shape index (κ2) is 9.39. The zero-order valence-electron chi connectivity index (χ0n) is 17.9. The molecule has 2 aliphatic heterocycles. The molecule has 2 aromatic rings. The molecule has 2 aliphatic rings. The highest BCUT2D eigenvalue weighted by Gasteiger charge is 2.21. The van der Waals surface area contributed by atoms with Crippen molar-refractivity contribution in [1.82, 2.24) is 10.2 Å². The molecule has 6 nitrogen and oxygen atoms in total. The van der Waals surface area contributed by atoms with Gasteiger partial charge < -0.3 is 24.6 Å². The molecule has 4 rings (SSSR count). The maximum atomic E-state index is 14.0. The molecule has 0 aliphatic carbocycles. The molecule has 0 saturated carbocycles. The van der Waals surface area contributed by atoms with Gasteiger partial charge in [0, 0.05) is 43.5 Å². The first-order valence-corrected chi connectivity index (χ1v) is 10.7. The summed E-state index contributed by atoms with van der Waals surface area (Å²) in [4.78, 5) is 17.2. The second-order valence-corrected chi connectivity index (χ2v) is 7.80. The highest BCUT2D eigenvalue weighted by molar-refractivity contribution is 5.92. The Hall–Kier alpha value is -3.06. The predicted octanol–water partition coefficient (Wildman–Crippen LogP) is 3.59. The van der Waals surface area contributed by atoms with E-state index in [9.17, 15) is 9.18 Å². The van der Waals surface area contributed by atoms with Gasteiger partial charge in [-0.15, -0.1) is 0 Å². The summed E-state index contributed by atoms with van der Waals surface area (Å²) in [5, 5.41) is 2.96. The fourth-order valence-electron chi connectivity index (χ4n) is 3.99. The van der Waals surface area contributed by atoms with Gasteiger partial charge in [0.1, 0.15) is 5.82 Å². The van der Waals surface area contributed by atoms with Crippen molar-refractivity contribution in [1.29, 1.82) is 0 Å². The van der Waals surface area contributed by atoms with Crippen LogP contribution in [0.3, 0.4) is 0 Å². The van der Waals surface area contributed by atoms with Gasteiger partial charge in [-0.05, 0) is 55.4 Å². The number of hydrogen-bond donors (Lipinski definition) is 1. The van der Waals surface area contributed by atoms with Crippen LogP contribution in [0.25, 0.3) is 6.08 Å². The van der Waals surface area contributed by atoms with E-state index in [0.717, 1.165) is 49.5 Å². The summed E-state index contributed by atoms with van der Waals surface area (Å²) in [6.45, 7) is 9.02. The molecule has 1 saturated heterocycles. The fourth-order valence-corrected chi connectivity index (χ4v) is 3.99. The summed E-state index contributed by atoms with van der Waals surface area (Å²) in [6.07, 6.45) is 3.20. The number of halogens is 1. The van der Waals surface area contributed by atoms with Crippen LogP contribution in [-0.4, -0.2) is 50.3 Å². The van der Waals surface area contributed by atoms with Crippen molar-refractivity contribution in [3.63, 3.8) is 0 Å². The van der Waals surface area contributed by atoms with Crippen LogP contribution in [0.1, 0.15) is 31.0 Å². The van der Waals surface area contributed by atoms with Crippen LogP contribution in [0.4, 0.5) is 10.1 Å². The first-order chi connectivity index (χ1) is 15.0. The smallest absolute Gasteiger partial charge is 0.244 e. The molecule has 0 aromatic heterocycles. The number of amides is 1. The number of rotatable bonds is 6. The molecular weight excluding hydrogens is 397 g/mol. The first-order valence-electron chi connectivity index (χ1n) is 10.7. The summed E-state index contributed by atoms with van der Waals surface area (Å²) in [7, 11) is 0. The number of carbonyl (C=O) groups excluding carboxylic acids is 1. The average Bonchev–Trinajstić information content (AvgIpc) is 3.25. The van der Waals surface area contributed by atoms with Crippen molar-refractivity contribution in [3.05, 3.63) is 59.4 Å². The van der Waals surface area contributed by atoms with Gasteiger partial charge in [0.15, 0.2) is 11.5 Å². The van der Waals surface area contributed by atoms with Crippen molar-refractivity contribution in [3.8, 4) is 11.5 Å². The summed E-state index contributed by atoms with van der Waals surface area (Å²) in [5.41, 5.74) is 2.60. The highest BCUT2D eigenvalue weighted by atomic mass is 19.1. The first kappa shape index (κ1) is 21.2. The van der Waals surface area contributed by atoms with Crippen LogP contribution in [0.2, 0.25) is 0 Å². The van der Waals surface area contributed by atoms with Gasteiger partial charge >= 0.3 is 0 Å². The Bertz CT molecular complexity index is 971. The van der Waals surface area contributed by atoms with Crippen LogP contribution >= 0.6 is 0 Å². The van der Waals surface area contributed by atoms with E-state index in [1.807, 2.05) is 31.2 Å². The van der Waals surface area contributed by atoms with Crippen molar-refractivity contribution in [2.45, 2.75) is 19.9 Å². The standard InChI is InChI=1S/C24H28FN3O3/c1-3-27-10-12-28(13-11-27)21-7-6-19(25)15-20(21)17(2)26-24(29)9-5-18-4-8-22-23(14-18)31-16-30-22/h4-9,14-15,17H,3,10-13,16H2,1-2H3,(H,26,29)/b9-5-/t17-/m0/s1. The molecule has 0 unspecified atom stereocenters. The minimum absolute atomic E-state index is 0.212. The predicted molar refractivity (Wildman–Crippen MR) is 119 cm³/mol. The minimum atomic E-state index is -0.330. The van der Waals surface area contributed by atoms with Crippen LogP contribution in [0, 0.1) is 5.82 Å². The van der Waals surface area contributed by atoms with E-state index in [-0.39, 0.29) is 24.6 Å². The normalized spacial score (nSPS) is 17.2. The number of anilines is 1. The number of nitrogens with one attached hydrogen (secondary N) is 1. The Kier molecular flexibility index (Phi) is 6.42. The molecule has 2 heterocycles. The number of piperazine rings is 1. The van der Waals surface area contributed by atoms with E-state index in [4.69, 9.17) is 9.47 Å². The van der Waals surface area contributed by atoms with Gasteiger partial charge in [0.25, 0.3) is 0 Å². The van der Waals surface area contributed by atoms with Crippen molar-refractivity contribution in [2.24, 2.45) is 0 Å². The Morgan fingerprint density at radius 1 is 1.13 bits per heavy atom. The average molecular weight is 426 g/mol. The third-order valence-electron chi connectivity index (χ3n) is 5.80. The minimum Gasteiger partial charge on any atom is -0.454 e. The Labute approximate surface area is 182 Å². The molecular formula is C24H28FN3O3. The van der Waals surface area contributed by atoms with E-state index in [1.54, 1.807) is 6.08 Å². The number of benzene rings is 2. The quantitative estimate of drug-likeness (QED) is 0.717. The molecule has 1 fully saturated rings. The van der Waals surface area contributed by atoms with Gasteiger partial charge in [-0.1, -0.05) is 13.0 Å². The van der Waals surface area contributed by atoms with E-state index < -0.39 is 0 Å². The zero-order valence-corrected chi connectivity index (χ0v) is 17.9. The lowest BCUT2D eigenvalue weighted by Gasteiger charge is -2.37. The van der Waals surface area contributed by atoms with Crippen LogP contribution in [0.5, 0.6) is 11.5 Å². The Morgan fingerprint density at radius 3 is 2.68 bits per heavy atom. The molecule has 2 aromatic carbocycles. The van der Waals surface area contributed by atoms with E-state index in [2.05, 4.69) is 22.0 Å². The number of carbonyl (C=O) groups is 1. The summed E-state index contributed by atoms with van der Waals surface area (Å²) >= 11 is 0. The third-order valence-corrected chi connectivity index (χ3v) is 5.80. The molecule has 0 spiro atoms. The molecule has 0 bridgehead atoms. The van der Waals surface area contributed by atoms with Crippen molar-refractivity contribution < 1.29 is 18.7 Å². The topological polar surface area (TPSA) is 54.0 Å². The second-order valence-electron chi connectivity index (χ2n) is 7.80. The summed E-state index contributed by atoms with van der Waals surface area (Å²) in [6, 6.07) is 10.0. The van der Waals surface area contributed by atoms with Crippen LogP contribution in [0.15, 0.2) is 42.5 Å². The fraction of sp³-hybridized carbons (Fsp3) is 0.375. The molecule has 7 heteroatoms. The van der Waals surface area contributed by atoms with E-state index in [0.29, 0.717) is 11.5 Å². The summed E-state index contributed by atoms with van der Waals surface area (Å²) in [5.74, 6) is 0.830. The maximum absolute atomic E-state index is 14.0. The molecule has 1 atom stereocenters. The molecule has 164 valence electrons. The van der Waals surface area contributed by atoms with E-state index in [1.165, 1.54) is 18.2 Å². The summed E-state index contributed by atoms with van der Waals surface area (Å²) < 4.78 is 24.7. The van der Waals surface area contributed by atoms with Crippen molar-refractivity contribution in [2.75, 3.05) is 44.4 Å². The number of hydrogen-bond acceptors (Lipinski definition) is 5. The van der Waals surface area contributed by atoms with Gasteiger partial charge in [0.05, 0.1) is 6.04 Å². The van der Waals surface area contributed by atoms with Crippen molar-refractivity contribution >= 4 is 17.7 Å². The third kappa shape index (κ3) is 4.99. The lowest BCUT2D eigenvalue weighted by atomic mass is 10.0. The van der Waals surface area contributed by atoms with Gasteiger partial charge in [-0.25, -0.2) is 4.39 Å². The van der Waals surface area contributed by atoms with Crippen LogP contribution in [-0.2, 0) is 4.79 Å². The van der Waals surface area contributed by atoms with Gasteiger partial charge in [-0.2, -0.15) is 0 Å². The maximum Gasteiger partial charge on any atom is 0.244 e. The Morgan fingerprint density at radius 2 is 1.90 bits per heavy atom. The van der Waals surface area contributed by atoms with Gasteiger partial charge in [-0.3, -0.25) is 4.79 Å². The molecule has 0 radical (unpaired) electrons. The molecule has 1 N–H and O–H groups in total. The Balaban J connectivity index is 1.43. The molecule has 1 amide bonds. The SMILES string of the molecule is CCN1CCN(c2ccc(F)cc2[C@H](C)NC(=O)/C=C\c2ccc3c(c2)OCO3)CC1. The largest absolute Gasteiger partial charge is 0.454 e. The number of fused-ring (bicyclic) bond motifs is 1. The van der Waals surface area contributed by atoms with E-state index >= 15 is 0 Å². The highest BCUT2D eigenvalue weighted by Crippen LogP contribution is 2.33. The number of nitrogens with zero attached hydrogens (tertiary/aromatic N) is 2. The lowest BCUT2D eigenvalue weighted by Crippen LogP contribution is -2.46. The lowest BCUT2D eigenvalue weighted by molar-refractivity contribution is -0.117. The monoisotopic (exact) mass is 425 g/mol. The van der Waals surface area contributed by atoms with Gasteiger partial charge in [0.2, 0.25) is 12.7 Å². The zero-order chi connectivity index (χ0) is 21.8. The number of likely N-dealkylation sites (N-methyl/N-ethyl adjacent to an activating group) is 1. The molecule has 31 heavy (non-hydrogen) atoms. The number of ether oxygens (including phenoxy) is 2.